The van der Waals surface area contributed by atoms with E-state index >= 15 is 0 Å². The molecule has 0 saturated heterocycles. The summed E-state index contributed by atoms with van der Waals surface area (Å²) in [4.78, 5) is 0. The molecule has 0 radical (unpaired) electrons. The van der Waals surface area contributed by atoms with Crippen LogP contribution in [-0.4, -0.2) is 6.61 Å². The molecule has 0 saturated carbocycles. The molecule has 0 amide bonds. The molecule has 0 aliphatic heterocycles. The molecule has 0 fully saturated rings. The smallest absolute Gasteiger partial charge is 0.180 e. The highest BCUT2D eigenvalue weighted by Gasteiger charge is 2.13. The van der Waals surface area contributed by atoms with Gasteiger partial charge in [0.15, 0.2) is 11.5 Å². The topological polar surface area (TPSA) is 30.5 Å². The number of benzene rings is 3. The van der Waals surface area contributed by atoms with Crippen LogP contribution in [-0.2, 0) is 13.2 Å². The Kier molecular flexibility index (Phi) is 6.99. The minimum atomic E-state index is -0.296. The zero-order chi connectivity index (χ0) is 20.8. The quantitative estimate of drug-likeness (QED) is 0.446. The van der Waals surface area contributed by atoms with Crippen LogP contribution < -0.4 is 14.8 Å². The summed E-state index contributed by atoms with van der Waals surface area (Å²) < 4.78 is 25.0. The van der Waals surface area contributed by atoms with Gasteiger partial charge in [-0.3, -0.25) is 0 Å². The van der Waals surface area contributed by atoms with E-state index in [-0.39, 0.29) is 12.4 Å². The molecule has 0 aliphatic carbocycles. The number of hydrogen-bond donors (Lipinski definition) is 1. The number of hydrogen-bond acceptors (Lipinski definition) is 3. The second-order valence-electron chi connectivity index (χ2n) is 6.93. The average molecular weight is 414 g/mol. The number of ether oxygens (including phenoxy) is 2. The second-order valence-corrected chi connectivity index (χ2v) is 7.34. The van der Waals surface area contributed by atoms with Crippen molar-refractivity contribution in [2.75, 3.05) is 11.9 Å². The molecule has 0 spiro atoms. The van der Waals surface area contributed by atoms with Gasteiger partial charge in [0.2, 0.25) is 0 Å². The first-order chi connectivity index (χ1) is 14.0. The molecule has 0 aliphatic rings. The summed E-state index contributed by atoms with van der Waals surface area (Å²) in [5.74, 6) is 0.747. The Bertz CT molecular complexity index is 991. The van der Waals surface area contributed by atoms with Gasteiger partial charge in [-0.15, -0.1) is 0 Å². The summed E-state index contributed by atoms with van der Waals surface area (Å²) in [6.07, 6.45) is 0. The molecule has 152 valence electrons. The van der Waals surface area contributed by atoms with Crippen LogP contribution in [0.5, 0.6) is 11.5 Å². The summed E-state index contributed by atoms with van der Waals surface area (Å²) >= 11 is 6.49. The van der Waals surface area contributed by atoms with Crippen LogP contribution in [0.25, 0.3) is 0 Å². The molecule has 0 unspecified atom stereocenters. The maximum absolute atomic E-state index is 13.4. The minimum Gasteiger partial charge on any atom is -0.490 e. The molecule has 0 heterocycles. The molecule has 0 aromatic heterocycles. The van der Waals surface area contributed by atoms with E-state index < -0.39 is 0 Å². The van der Waals surface area contributed by atoms with Crippen LogP contribution in [0.3, 0.4) is 0 Å². The molecule has 3 aromatic carbocycles. The Morgan fingerprint density at radius 1 is 0.966 bits per heavy atom. The summed E-state index contributed by atoms with van der Waals surface area (Å²) in [5.41, 5.74) is 5.21. The highest BCUT2D eigenvalue weighted by Crippen LogP contribution is 2.37. The van der Waals surface area contributed by atoms with Crippen LogP contribution in [0.15, 0.2) is 54.6 Å². The third-order valence-corrected chi connectivity index (χ3v) is 4.79. The van der Waals surface area contributed by atoms with Gasteiger partial charge >= 0.3 is 0 Å². The Hall–Kier alpha value is -2.72. The summed E-state index contributed by atoms with van der Waals surface area (Å²) in [7, 11) is 0. The highest BCUT2D eigenvalue weighted by atomic mass is 35.5. The number of rotatable bonds is 8. The molecule has 5 heteroatoms. The molecule has 0 bridgehead atoms. The summed E-state index contributed by atoms with van der Waals surface area (Å²) in [6, 6.07) is 16.4. The Balaban J connectivity index is 1.76. The largest absolute Gasteiger partial charge is 0.490 e. The molecule has 3 aromatic rings. The standard InChI is InChI=1S/C24H25ClFNO2/c1-4-28-23-13-19(14-27-22-9-8-16(2)10-17(22)3)12-21(25)24(23)29-15-18-6-5-7-20(26)11-18/h5-13,27H,4,14-15H2,1-3H3. The molecule has 1 N–H and O–H groups in total. The van der Waals surface area contributed by atoms with Crippen molar-refractivity contribution in [1.29, 1.82) is 0 Å². The monoisotopic (exact) mass is 413 g/mol. The molecule has 0 atom stereocenters. The molecular weight excluding hydrogens is 389 g/mol. The lowest BCUT2D eigenvalue weighted by molar-refractivity contribution is 0.269. The maximum atomic E-state index is 13.4. The summed E-state index contributed by atoms with van der Waals surface area (Å²) in [5, 5.41) is 3.90. The van der Waals surface area contributed by atoms with E-state index in [2.05, 4.69) is 37.4 Å². The van der Waals surface area contributed by atoms with Crippen molar-refractivity contribution in [1.82, 2.24) is 0 Å². The van der Waals surface area contributed by atoms with Crippen LogP contribution in [0.1, 0.15) is 29.2 Å². The fraction of sp³-hybridized carbons (Fsp3) is 0.250. The van der Waals surface area contributed by atoms with E-state index in [0.29, 0.717) is 29.7 Å². The van der Waals surface area contributed by atoms with E-state index in [9.17, 15) is 4.39 Å². The van der Waals surface area contributed by atoms with E-state index in [0.717, 1.165) is 16.8 Å². The molecule has 3 nitrogen and oxygen atoms in total. The lowest BCUT2D eigenvalue weighted by atomic mass is 10.1. The predicted octanol–water partition coefficient (Wildman–Crippen LogP) is 6.69. The fourth-order valence-electron chi connectivity index (χ4n) is 3.12. The third-order valence-electron chi connectivity index (χ3n) is 4.51. The Morgan fingerprint density at radius 2 is 1.79 bits per heavy atom. The van der Waals surface area contributed by atoms with Crippen LogP contribution in [0.2, 0.25) is 5.02 Å². The van der Waals surface area contributed by atoms with Gasteiger partial charge in [0, 0.05) is 12.2 Å². The average Bonchev–Trinajstić information content (AvgIpc) is 2.67. The van der Waals surface area contributed by atoms with Gasteiger partial charge in [-0.2, -0.15) is 0 Å². The SMILES string of the molecule is CCOc1cc(CNc2ccc(C)cc2C)cc(Cl)c1OCc1cccc(F)c1. The Morgan fingerprint density at radius 3 is 2.52 bits per heavy atom. The number of anilines is 1. The fourth-order valence-corrected chi connectivity index (χ4v) is 3.41. The molecular formula is C24H25ClFNO2. The summed E-state index contributed by atoms with van der Waals surface area (Å²) in [6.45, 7) is 7.36. The van der Waals surface area contributed by atoms with E-state index in [1.165, 1.54) is 23.3 Å². The van der Waals surface area contributed by atoms with Crippen molar-refractivity contribution in [3.05, 3.63) is 87.7 Å². The zero-order valence-electron chi connectivity index (χ0n) is 16.9. The lowest BCUT2D eigenvalue weighted by Gasteiger charge is -2.16. The minimum absolute atomic E-state index is 0.206. The van der Waals surface area contributed by atoms with Crippen LogP contribution in [0, 0.1) is 19.7 Å². The van der Waals surface area contributed by atoms with E-state index in [4.69, 9.17) is 21.1 Å². The van der Waals surface area contributed by atoms with Gasteiger partial charge in [-0.25, -0.2) is 4.39 Å². The first-order valence-electron chi connectivity index (χ1n) is 9.60. The maximum Gasteiger partial charge on any atom is 0.180 e. The first kappa shape index (κ1) is 21.0. The van der Waals surface area contributed by atoms with E-state index in [1.54, 1.807) is 12.1 Å². The first-order valence-corrected chi connectivity index (χ1v) is 9.97. The normalized spacial score (nSPS) is 10.7. The number of halogens is 2. The van der Waals surface area contributed by atoms with Crippen molar-refractivity contribution in [3.63, 3.8) is 0 Å². The van der Waals surface area contributed by atoms with Crippen molar-refractivity contribution >= 4 is 17.3 Å². The van der Waals surface area contributed by atoms with Crippen molar-refractivity contribution in [2.24, 2.45) is 0 Å². The van der Waals surface area contributed by atoms with Crippen LogP contribution in [0.4, 0.5) is 10.1 Å². The van der Waals surface area contributed by atoms with Gasteiger partial charge in [0.05, 0.1) is 11.6 Å². The van der Waals surface area contributed by atoms with E-state index in [1.807, 2.05) is 19.1 Å². The lowest BCUT2D eigenvalue weighted by Crippen LogP contribution is -2.04. The second kappa shape index (κ2) is 9.66. The number of nitrogens with one attached hydrogen (secondary N) is 1. The van der Waals surface area contributed by atoms with Crippen molar-refractivity contribution in [3.8, 4) is 11.5 Å². The molecule has 29 heavy (non-hydrogen) atoms. The predicted molar refractivity (Wildman–Crippen MR) is 117 cm³/mol. The Labute approximate surface area is 176 Å². The number of aryl methyl sites for hydroxylation is 2. The zero-order valence-corrected chi connectivity index (χ0v) is 17.6. The van der Waals surface area contributed by atoms with Crippen LogP contribution >= 0.6 is 11.6 Å². The van der Waals surface area contributed by atoms with Crippen molar-refractivity contribution < 1.29 is 13.9 Å². The van der Waals surface area contributed by atoms with Gasteiger partial charge < -0.3 is 14.8 Å². The third kappa shape index (κ3) is 5.64. The van der Waals surface area contributed by atoms with Gasteiger partial charge in [-0.1, -0.05) is 41.4 Å². The van der Waals surface area contributed by atoms with Gasteiger partial charge in [0.1, 0.15) is 12.4 Å². The molecule has 3 rings (SSSR count). The van der Waals surface area contributed by atoms with Gasteiger partial charge in [0.25, 0.3) is 0 Å². The van der Waals surface area contributed by atoms with Crippen molar-refractivity contribution in [2.45, 2.75) is 33.9 Å². The highest BCUT2D eigenvalue weighted by molar-refractivity contribution is 6.32. The van der Waals surface area contributed by atoms with Gasteiger partial charge in [-0.05, 0) is 67.8 Å².